The molecule has 0 aliphatic rings. The van der Waals surface area contributed by atoms with Gasteiger partial charge in [-0.3, -0.25) is 4.79 Å². The number of halogens is 2. The van der Waals surface area contributed by atoms with Gasteiger partial charge in [-0.05, 0) is 28.1 Å². The van der Waals surface area contributed by atoms with E-state index >= 15 is 0 Å². The maximum Gasteiger partial charge on any atom is 0.270 e. The Morgan fingerprint density at radius 3 is 2.75 bits per heavy atom. The molecule has 0 aliphatic heterocycles. The van der Waals surface area contributed by atoms with Crippen LogP contribution in [-0.2, 0) is 0 Å². The molecular formula is C11H10BrFN2O. The summed E-state index contributed by atoms with van der Waals surface area (Å²) in [5.74, 6) is -0.475. The Kier molecular flexibility index (Phi) is 2.80. The van der Waals surface area contributed by atoms with Crippen LogP contribution in [0.15, 0.2) is 21.4 Å². The molecule has 0 amide bonds. The fourth-order valence-corrected chi connectivity index (χ4v) is 1.83. The van der Waals surface area contributed by atoms with Crippen molar-refractivity contribution in [3.8, 4) is 0 Å². The SMILES string of the molecule is CC(C)c1nc2ccc(Br)c(F)c2[nH]c1=O. The minimum absolute atomic E-state index is 0.0138. The number of nitrogens with one attached hydrogen (secondary N) is 1. The van der Waals surface area contributed by atoms with Gasteiger partial charge in [0.05, 0.1) is 9.99 Å². The van der Waals surface area contributed by atoms with Gasteiger partial charge in [-0.25, -0.2) is 9.37 Å². The molecule has 1 aromatic heterocycles. The van der Waals surface area contributed by atoms with Crippen LogP contribution in [-0.4, -0.2) is 9.97 Å². The van der Waals surface area contributed by atoms with Crippen molar-refractivity contribution in [3.05, 3.63) is 38.5 Å². The minimum atomic E-state index is -0.489. The van der Waals surface area contributed by atoms with Crippen molar-refractivity contribution in [2.75, 3.05) is 0 Å². The molecule has 3 nitrogen and oxygen atoms in total. The summed E-state index contributed by atoms with van der Waals surface area (Å²) in [6, 6.07) is 3.25. The van der Waals surface area contributed by atoms with Crippen LogP contribution in [0.1, 0.15) is 25.5 Å². The van der Waals surface area contributed by atoms with E-state index < -0.39 is 5.82 Å². The van der Waals surface area contributed by atoms with Gasteiger partial charge < -0.3 is 4.98 Å². The summed E-state index contributed by atoms with van der Waals surface area (Å²) < 4.78 is 14.0. The molecule has 16 heavy (non-hydrogen) atoms. The van der Waals surface area contributed by atoms with E-state index in [2.05, 4.69) is 25.9 Å². The van der Waals surface area contributed by atoms with Crippen LogP contribution in [0.4, 0.5) is 4.39 Å². The summed E-state index contributed by atoms with van der Waals surface area (Å²) in [5, 5.41) is 0. The number of fused-ring (bicyclic) bond motifs is 1. The Bertz CT molecular complexity index is 607. The maximum absolute atomic E-state index is 13.7. The Morgan fingerprint density at radius 2 is 2.12 bits per heavy atom. The van der Waals surface area contributed by atoms with Gasteiger partial charge in [0.25, 0.3) is 5.56 Å². The van der Waals surface area contributed by atoms with Gasteiger partial charge in [-0.15, -0.1) is 0 Å². The molecule has 0 bridgehead atoms. The molecule has 0 fully saturated rings. The zero-order chi connectivity index (χ0) is 11.9. The van der Waals surface area contributed by atoms with Crippen molar-refractivity contribution in [1.29, 1.82) is 0 Å². The summed E-state index contributed by atoms with van der Waals surface area (Å²) in [5.41, 5.74) is 0.696. The molecule has 2 rings (SSSR count). The van der Waals surface area contributed by atoms with Crippen LogP contribution < -0.4 is 5.56 Å². The second kappa shape index (κ2) is 3.97. The summed E-state index contributed by atoms with van der Waals surface area (Å²) in [4.78, 5) is 18.3. The molecule has 0 saturated heterocycles. The van der Waals surface area contributed by atoms with Crippen molar-refractivity contribution < 1.29 is 4.39 Å². The van der Waals surface area contributed by atoms with Crippen LogP contribution in [0.3, 0.4) is 0 Å². The van der Waals surface area contributed by atoms with E-state index in [1.165, 1.54) is 0 Å². The zero-order valence-corrected chi connectivity index (χ0v) is 10.4. The first-order valence-electron chi connectivity index (χ1n) is 4.88. The summed E-state index contributed by atoms with van der Waals surface area (Å²) >= 11 is 3.06. The Morgan fingerprint density at radius 1 is 1.44 bits per heavy atom. The highest BCUT2D eigenvalue weighted by Gasteiger charge is 2.12. The number of aromatic amines is 1. The molecule has 0 saturated carbocycles. The number of H-pyrrole nitrogens is 1. The highest BCUT2D eigenvalue weighted by Crippen LogP contribution is 2.22. The fraction of sp³-hybridized carbons (Fsp3) is 0.273. The third-order valence-corrected chi connectivity index (χ3v) is 2.94. The Labute approximate surface area is 99.8 Å². The molecule has 0 radical (unpaired) electrons. The fourth-order valence-electron chi connectivity index (χ4n) is 1.50. The first-order chi connectivity index (χ1) is 7.50. The molecular weight excluding hydrogens is 275 g/mol. The average Bonchev–Trinajstić information content (AvgIpc) is 2.23. The van der Waals surface area contributed by atoms with Gasteiger partial charge in [0.2, 0.25) is 0 Å². The lowest BCUT2D eigenvalue weighted by Crippen LogP contribution is -2.16. The quantitative estimate of drug-likeness (QED) is 0.875. The summed E-state index contributed by atoms with van der Waals surface area (Å²) in [6.45, 7) is 3.75. The third kappa shape index (κ3) is 1.75. The molecule has 1 heterocycles. The highest BCUT2D eigenvalue weighted by molar-refractivity contribution is 9.10. The molecule has 2 aromatic rings. The van der Waals surface area contributed by atoms with Crippen LogP contribution in [0.5, 0.6) is 0 Å². The lowest BCUT2D eigenvalue weighted by molar-refractivity contribution is 0.628. The Hall–Kier alpha value is -1.23. The van der Waals surface area contributed by atoms with E-state index in [4.69, 9.17) is 0 Å². The smallest absolute Gasteiger partial charge is 0.270 e. The number of hydrogen-bond acceptors (Lipinski definition) is 2. The van der Waals surface area contributed by atoms with Crippen molar-refractivity contribution in [1.82, 2.24) is 9.97 Å². The van der Waals surface area contributed by atoms with E-state index in [0.29, 0.717) is 15.7 Å². The predicted octanol–water partition coefficient (Wildman–Crippen LogP) is 2.95. The molecule has 1 aromatic carbocycles. The van der Waals surface area contributed by atoms with E-state index in [0.717, 1.165) is 0 Å². The van der Waals surface area contributed by atoms with Gasteiger partial charge in [-0.1, -0.05) is 13.8 Å². The normalized spacial score (nSPS) is 11.3. The first kappa shape index (κ1) is 11.3. The van der Waals surface area contributed by atoms with Crippen molar-refractivity contribution in [2.24, 2.45) is 0 Å². The van der Waals surface area contributed by atoms with E-state index in [1.54, 1.807) is 12.1 Å². The van der Waals surface area contributed by atoms with E-state index in [9.17, 15) is 9.18 Å². The standard InChI is InChI=1S/C11H10BrFN2O/c1-5(2)9-11(16)15-10-7(14-9)4-3-6(12)8(10)13/h3-5H,1-2H3,(H,15,16). The monoisotopic (exact) mass is 284 g/mol. The predicted molar refractivity (Wildman–Crippen MR) is 64.1 cm³/mol. The lowest BCUT2D eigenvalue weighted by atomic mass is 10.1. The van der Waals surface area contributed by atoms with Crippen LogP contribution in [0.25, 0.3) is 11.0 Å². The second-order valence-corrected chi connectivity index (χ2v) is 4.72. The molecule has 0 atom stereocenters. The van der Waals surface area contributed by atoms with Crippen LogP contribution >= 0.6 is 15.9 Å². The topological polar surface area (TPSA) is 45.8 Å². The molecule has 84 valence electrons. The highest BCUT2D eigenvalue weighted by atomic mass is 79.9. The second-order valence-electron chi connectivity index (χ2n) is 3.86. The molecule has 5 heteroatoms. The number of aromatic nitrogens is 2. The minimum Gasteiger partial charge on any atom is -0.317 e. The number of rotatable bonds is 1. The number of hydrogen-bond donors (Lipinski definition) is 1. The van der Waals surface area contributed by atoms with Gasteiger partial charge in [0.1, 0.15) is 11.2 Å². The lowest BCUT2D eigenvalue weighted by Gasteiger charge is -2.06. The number of benzene rings is 1. The van der Waals surface area contributed by atoms with Crippen molar-refractivity contribution in [2.45, 2.75) is 19.8 Å². The van der Waals surface area contributed by atoms with Crippen LogP contribution in [0, 0.1) is 5.82 Å². The average molecular weight is 285 g/mol. The third-order valence-electron chi connectivity index (χ3n) is 2.33. The van der Waals surface area contributed by atoms with E-state index in [1.807, 2.05) is 13.8 Å². The van der Waals surface area contributed by atoms with Crippen molar-refractivity contribution >= 4 is 27.0 Å². The summed E-state index contributed by atoms with van der Waals surface area (Å²) in [7, 11) is 0. The van der Waals surface area contributed by atoms with E-state index in [-0.39, 0.29) is 17.0 Å². The Balaban J connectivity index is 2.84. The largest absolute Gasteiger partial charge is 0.317 e. The summed E-state index contributed by atoms with van der Waals surface area (Å²) in [6.07, 6.45) is 0. The first-order valence-corrected chi connectivity index (χ1v) is 5.68. The molecule has 1 N–H and O–H groups in total. The zero-order valence-electron chi connectivity index (χ0n) is 8.84. The van der Waals surface area contributed by atoms with Gasteiger partial charge >= 0.3 is 0 Å². The molecule has 0 unspecified atom stereocenters. The van der Waals surface area contributed by atoms with Gasteiger partial charge in [0, 0.05) is 5.92 Å². The van der Waals surface area contributed by atoms with Crippen LogP contribution in [0.2, 0.25) is 0 Å². The maximum atomic E-state index is 13.7. The number of nitrogens with zero attached hydrogens (tertiary/aromatic N) is 1. The van der Waals surface area contributed by atoms with Gasteiger partial charge in [-0.2, -0.15) is 0 Å². The molecule has 0 spiro atoms. The molecule has 0 aliphatic carbocycles. The van der Waals surface area contributed by atoms with Crippen molar-refractivity contribution in [3.63, 3.8) is 0 Å². The van der Waals surface area contributed by atoms with Gasteiger partial charge in [0.15, 0.2) is 5.82 Å².